The normalized spacial score (nSPS) is 18.0. The van der Waals surface area contributed by atoms with E-state index < -0.39 is 23.9 Å². The van der Waals surface area contributed by atoms with Crippen molar-refractivity contribution in [2.75, 3.05) is 33.5 Å². The zero-order chi connectivity index (χ0) is 29.9. The van der Waals surface area contributed by atoms with Crippen molar-refractivity contribution in [1.29, 1.82) is 0 Å². The molecule has 1 aromatic carbocycles. The second-order valence-electron chi connectivity index (χ2n) is 11.7. The molecular weight excluding hydrogens is 525 g/mol. The fraction of sp³-hybridized carbons (Fsp3) is 0.767. The second kappa shape index (κ2) is 16.5. The van der Waals surface area contributed by atoms with Gasteiger partial charge in [0.25, 0.3) is 0 Å². The van der Waals surface area contributed by atoms with E-state index in [1.165, 1.54) is 19.2 Å². The Morgan fingerprint density at radius 3 is 2.38 bits per heavy atom. The van der Waals surface area contributed by atoms with Gasteiger partial charge in [0.1, 0.15) is 5.75 Å². The molecule has 230 valence electrons. The quantitative estimate of drug-likeness (QED) is 0.241. The summed E-state index contributed by atoms with van der Waals surface area (Å²) in [7, 11) is 1.53. The van der Waals surface area contributed by atoms with Crippen LogP contribution < -0.4 is 15.8 Å². The highest BCUT2D eigenvalue weighted by Gasteiger charge is 2.35. The molecule has 1 amide bonds. The summed E-state index contributed by atoms with van der Waals surface area (Å²) in [6.07, 6.45) is -2.18. The number of nitrogens with two attached hydrogens (primary N) is 1. The Labute approximate surface area is 237 Å². The molecule has 4 atom stereocenters. The number of hydrogen-bond donors (Lipinski definition) is 3. The van der Waals surface area contributed by atoms with Crippen molar-refractivity contribution in [1.82, 2.24) is 5.32 Å². The number of aliphatic hydroxyl groups is 1. The van der Waals surface area contributed by atoms with Crippen LogP contribution in [-0.2, 0) is 26.9 Å². The van der Waals surface area contributed by atoms with Gasteiger partial charge in [-0.1, -0.05) is 33.8 Å². The van der Waals surface area contributed by atoms with Crippen molar-refractivity contribution in [3.63, 3.8) is 0 Å². The molecule has 4 N–H and O–H groups in total. The molecule has 0 bridgehead atoms. The largest absolute Gasteiger partial charge is 0.493 e. The lowest BCUT2D eigenvalue weighted by atomic mass is 9.80. The van der Waals surface area contributed by atoms with Crippen molar-refractivity contribution in [2.45, 2.75) is 90.6 Å². The number of benzene rings is 1. The minimum absolute atomic E-state index is 0.0105. The topological polar surface area (TPSA) is 103 Å². The molecule has 1 aliphatic heterocycles. The van der Waals surface area contributed by atoms with Gasteiger partial charge in [-0.05, 0) is 67.6 Å². The first-order chi connectivity index (χ1) is 18.8. The number of halogens is 3. The van der Waals surface area contributed by atoms with Crippen molar-refractivity contribution >= 4 is 5.91 Å². The van der Waals surface area contributed by atoms with Crippen LogP contribution >= 0.6 is 0 Å². The number of rotatable bonds is 16. The smallest absolute Gasteiger partial charge is 0.419 e. The fourth-order valence-corrected chi connectivity index (χ4v) is 5.10. The standard InChI is InChI=1S/C30H49F3N2O5/c1-19(2)22(15-21-7-8-25(30(31,32)33)28(16-21)40-12-6-11-38-5)17-26(34)27(36)18-24(20(3)4)29(37)35-23-9-13-39-14-10-23/h7-8,16,19-20,22-24,26-27,36H,6,9-15,17-18,34H2,1-5H3,(H,35,37)/t22-,24-,26-,27-/m0/s1. The molecule has 2 rings (SSSR count). The Balaban J connectivity index is 2.07. The van der Waals surface area contributed by atoms with Crippen LogP contribution in [0.15, 0.2) is 18.2 Å². The average molecular weight is 575 g/mol. The van der Waals surface area contributed by atoms with Gasteiger partial charge in [-0.15, -0.1) is 0 Å². The summed E-state index contributed by atoms with van der Waals surface area (Å²) in [5.74, 6) is -0.439. The number of alkyl halides is 3. The van der Waals surface area contributed by atoms with E-state index in [0.717, 1.165) is 18.9 Å². The molecule has 0 spiro atoms. The molecule has 0 radical (unpaired) electrons. The lowest BCUT2D eigenvalue weighted by Gasteiger charge is -2.31. The van der Waals surface area contributed by atoms with Crippen LogP contribution in [0.3, 0.4) is 0 Å². The SMILES string of the molecule is COCCCOc1cc(C[C@@H](C[C@H](N)[C@@H](O)C[C@H](C(=O)NC2CCOCC2)C(C)C)C(C)C)ccc1C(F)(F)F. The summed E-state index contributed by atoms with van der Waals surface area (Å²) >= 11 is 0. The van der Waals surface area contributed by atoms with Crippen LogP contribution in [0.1, 0.15) is 70.9 Å². The van der Waals surface area contributed by atoms with Crippen molar-refractivity contribution in [3.8, 4) is 5.75 Å². The third kappa shape index (κ3) is 11.2. The number of nitrogens with one attached hydrogen (secondary N) is 1. The maximum Gasteiger partial charge on any atom is 0.419 e. The summed E-state index contributed by atoms with van der Waals surface area (Å²) in [5, 5.41) is 14.1. The molecule has 10 heteroatoms. The zero-order valence-electron chi connectivity index (χ0n) is 24.6. The highest BCUT2D eigenvalue weighted by molar-refractivity contribution is 5.79. The van der Waals surface area contributed by atoms with E-state index >= 15 is 0 Å². The number of carbonyl (C=O) groups is 1. The molecule has 0 saturated carbocycles. The van der Waals surface area contributed by atoms with Gasteiger partial charge in [0.05, 0.1) is 18.3 Å². The maximum absolute atomic E-state index is 13.6. The van der Waals surface area contributed by atoms with Gasteiger partial charge in [-0.25, -0.2) is 0 Å². The number of aliphatic hydroxyl groups excluding tert-OH is 1. The summed E-state index contributed by atoms with van der Waals surface area (Å²) in [4.78, 5) is 13.0. The number of methoxy groups -OCH3 is 1. The van der Waals surface area contributed by atoms with E-state index in [9.17, 15) is 23.1 Å². The summed E-state index contributed by atoms with van der Waals surface area (Å²) in [6.45, 7) is 9.76. The summed E-state index contributed by atoms with van der Waals surface area (Å²) < 4.78 is 56.5. The van der Waals surface area contributed by atoms with Crippen LogP contribution in [0.25, 0.3) is 0 Å². The number of ether oxygens (including phenoxy) is 3. The van der Waals surface area contributed by atoms with E-state index in [1.54, 1.807) is 0 Å². The van der Waals surface area contributed by atoms with Gasteiger partial charge in [-0.2, -0.15) is 13.2 Å². The van der Waals surface area contributed by atoms with Gasteiger partial charge in [-0.3, -0.25) is 4.79 Å². The molecule has 0 aliphatic carbocycles. The minimum atomic E-state index is -4.52. The second-order valence-corrected chi connectivity index (χ2v) is 11.7. The van der Waals surface area contributed by atoms with Gasteiger partial charge in [0.15, 0.2) is 0 Å². The maximum atomic E-state index is 13.6. The number of amides is 1. The highest BCUT2D eigenvalue weighted by atomic mass is 19.4. The van der Waals surface area contributed by atoms with E-state index in [0.29, 0.717) is 44.6 Å². The first-order valence-electron chi connectivity index (χ1n) is 14.5. The average Bonchev–Trinajstić information content (AvgIpc) is 2.88. The zero-order valence-corrected chi connectivity index (χ0v) is 24.6. The molecule has 1 fully saturated rings. The van der Waals surface area contributed by atoms with Crippen LogP contribution in [0.5, 0.6) is 5.75 Å². The number of hydrogen-bond acceptors (Lipinski definition) is 6. The van der Waals surface area contributed by atoms with Gasteiger partial charge < -0.3 is 30.4 Å². The molecule has 1 heterocycles. The molecule has 0 aromatic heterocycles. The summed E-state index contributed by atoms with van der Waals surface area (Å²) in [6, 6.07) is 3.51. The predicted octanol–water partition coefficient (Wildman–Crippen LogP) is 4.97. The monoisotopic (exact) mass is 574 g/mol. The van der Waals surface area contributed by atoms with E-state index in [4.69, 9.17) is 19.9 Å². The molecule has 7 nitrogen and oxygen atoms in total. The predicted molar refractivity (Wildman–Crippen MR) is 149 cm³/mol. The Kier molecular flexibility index (Phi) is 14.2. The minimum Gasteiger partial charge on any atom is -0.493 e. The summed E-state index contributed by atoms with van der Waals surface area (Å²) in [5.41, 5.74) is 6.37. The molecule has 1 aliphatic rings. The highest BCUT2D eigenvalue weighted by Crippen LogP contribution is 2.38. The Bertz CT molecular complexity index is 891. The Hall–Kier alpha value is -1.88. The van der Waals surface area contributed by atoms with Crippen LogP contribution in [-0.4, -0.2) is 62.7 Å². The van der Waals surface area contributed by atoms with Crippen LogP contribution in [0.2, 0.25) is 0 Å². The van der Waals surface area contributed by atoms with Gasteiger partial charge in [0.2, 0.25) is 5.91 Å². The third-order valence-corrected chi connectivity index (χ3v) is 7.82. The molecule has 0 unspecified atom stereocenters. The lowest BCUT2D eigenvalue weighted by molar-refractivity contribution is -0.139. The van der Waals surface area contributed by atoms with E-state index in [1.807, 2.05) is 27.7 Å². The Morgan fingerprint density at radius 1 is 1.12 bits per heavy atom. The van der Waals surface area contributed by atoms with Crippen molar-refractivity contribution in [2.24, 2.45) is 29.4 Å². The molecule has 1 saturated heterocycles. The van der Waals surface area contributed by atoms with Gasteiger partial charge in [0, 0.05) is 51.4 Å². The van der Waals surface area contributed by atoms with E-state index in [-0.39, 0.29) is 54.4 Å². The lowest BCUT2D eigenvalue weighted by Crippen LogP contribution is -2.46. The van der Waals surface area contributed by atoms with E-state index in [2.05, 4.69) is 5.32 Å². The van der Waals surface area contributed by atoms with Gasteiger partial charge >= 0.3 is 6.18 Å². The fourth-order valence-electron chi connectivity index (χ4n) is 5.10. The van der Waals surface area contributed by atoms with Crippen LogP contribution in [0, 0.1) is 23.7 Å². The molecular formula is C30H49F3N2O5. The Morgan fingerprint density at radius 2 is 1.80 bits per heavy atom. The van der Waals surface area contributed by atoms with Crippen molar-refractivity contribution in [3.05, 3.63) is 29.3 Å². The first kappa shape index (κ1) is 34.3. The number of carbonyl (C=O) groups excluding carboxylic acids is 1. The van der Waals surface area contributed by atoms with Crippen LogP contribution in [0.4, 0.5) is 13.2 Å². The first-order valence-corrected chi connectivity index (χ1v) is 14.5. The molecule has 40 heavy (non-hydrogen) atoms. The molecule has 1 aromatic rings. The van der Waals surface area contributed by atoms with Crippen molar-refractivity contribution < 1.29 is 37.3 Å². The third-order valence-electron chi connectivity index (χ3n) is 7.82.